The normalized spacial score (nSPS) is 19.3. The average Bonchev–Trinajstić information content (AvgIpc) is 3.09. The third-order valence-electron chi connectivity index (χ3n) is 4.02. The van der Waals surface area contributed by atoms with E-state index in [1.807, 2.05) is 6.92 Å². The van der Waals surface area contributed by atoms with Crippen molar-refractivity contribution in [3.63, 3.8) is 0 Å². The van der Waals surface area contributed by atoms with Crippen LogP contribution in [0.5, 0.6) is 0 Å². The van der Waals surface area contributed by atoms with Crippen molar-refractivity contribution in [1.82, 2.24) is 9.88 Å². The van der Waals surface area contributed by atoms with Crippen molar-refractivity contribution in [3.8, 4) is 10.6 Å². The van der Waals surface area contributed by atoms with Gasteiger partial charge in [0.25, 0.3) is 0 Å². The van der Waals surface area contributed by atoms with Crippen molar-refractivity contribution in [3.05, 3.63) is 27.9 Å². The van der Waals surface area contributed by atoms with Gasteiger partial charge in [0.05, 0.1) is 11.8 Å². The average molecular weight is 308 g/mol. The Morgan fingerprint density at radius 1 is 1.40 bits per heavy atom. The predicted octanol–water partition coefficient (Wildman–Crippen LogP) is 3.46. The molecule has 2 aromatic heterocycles. The number of rotatable bonds is 4. The largest absolute Gasteiger partial charge is 0.393 e. The first-order valence-electron chi connectivity index (χ1n) is 7.10. The zero-order chi connectivity index (χ0) is 13.9. The highest BCUT2D eigenvalue weighted by Gasteiger charge is 2.23. The minimum Gasteiger partial charge on any atom is -0.393 e. The lowest BCUT2D eigenvalue weighted by atomic mass is 9.92. The highest BCUT2D eigenvalue weighted by Crippen LogP contribution is 2.27. The SMILES string of the molecule is CC(O)C1CCN(Cc2csc(-c3ccsc3)n2)CC1. The second kappa shape index (κ2) is 6.35. The Bertz CT molecular complexity index is 528. The van der Waals surface area contributed by atoms with Gasteiger partial charge in [0.2, 0.25) is 0 Å². The molecule has 108 valence electrons. The number of aliphatic hydroxyl groups excluding tert-OH is 1. The van der Waals surface area contributed by atoms with Crippen molar-refractivity contribution in [2.45, 2.75) is 32.4 Å². The van der Waals surface area contributed by atoms with Crippen LogP contribution in [0.25, 0.3) is 10.6 Å². The highest BCUT2D eigenvalue weighted by molar-refractivity contribution is 7.14. The molecule has 5 heteroatoms. The van der Waals surface area contributed by atoms with E-state index < -0.39 is 0 Å². The summed E-state index contributed by atoms with van der Waals surface area (Å²) in [5.74, 6) is 0.475. The van der Waals surface area contributed by atoms with Gasteiger partial charge < -0.3 is 5.11 Å². The number of piperidine rings is 1. The lowest BCUT2D eigenvalue weighted by Crippen LogP contribution is -2.36. The fraction of sp³-hybridized carbons (Fsp3) is 0.533. The molecule has 0 radical (unpaired) electrons. The molecule has 3 heterocycles. The summed E-state index contributed by atoms with van der Waals surface area (Å²) < 4.78 is 0. The van der Waals surface area contributed by atoms with Crippen molar-refractivity contribution in [1.29, 1.82) is 0 Å². The Balaban J connectivity index is 1.57. The standard InChI is InChI=1S/C15H20N2OS2/c1-11(18)12-2-5-17(6-3-12)8-14-10-20-15(16-14)13-4-7-19-9-13/h4,7,9-12,18H,2-3,5-6,8H2,1H3. The summed E-state index contributed by atoms with van der Waals surface area (Å²) in [6, 6.07) is 2.13. The number of hydrogen-bond acceptors (Lipinski definition) is 5. The van der Waals surface area contributed by atoms with Crippen molar-refractivity contribution in [2.75, 3.05) is 13.1 Å². The Morgan fingerprint density at radius 2 is 2.20 bits per heavy atom. The molecule has 0 aromatic carbocycles. The molecular weight excluding hydrogens is 288 g/mol. The van der Waals surface area contributed by atoms with Gasteiger partial charge in [0, 0.05) is 22.9 Å². The maximum absolute atomic E-state index is 9.63. The van der Waals surface area contributed by atoms with E-state index in [4.69, 9.17) is 4.98 Å². The Kier molecular flexibility index (Phi) is 4.51. The second-order valence-corrected chi connectivity index (χ2v) is 7.15. The van der Waals surface area contributed by atoms with Gasteiger partial charge in [-0.15, -0.1) is 11.3 Å². The number of hydrogen-bond donors (Lipinski definition) is 1. The van der Waals surface area contributed by atoms with Gasteiger partial charge >= 0.3 is 0 Å². The Morgan fingerprint density at radius 3 is 2.85 bits per heavy atom. The Hall–Kier alpha value is -0.750. The van der Waals surface area contributed by atoms with Gasteiger partial charge in [0.15, 0.2) is 0 Å². The molecule has 3 rings (SSSR count). The summed E-state index contributed by atoms with van der Waals surface area (Å²) in [6.07, 6.45) is 2.03. The van der Waals surface area contributed by atoms with Gasteiger partial charge in [-0.2, -0.15) is 11.3 Å². The van der Waals surface area contributed by atoms with Crippen LogP contribution in [-0.4, -0.2) is 34.2 Å². The molecule has 1 aliphatic rings. The molecule has 1 fully saturated rings. The minimum absolute atomic E-state index is 0.165. The first kappa shape index (κ1) is 14.2. The zero-order valence-electron chi connectivity index (χ0n) is 11.7. The molecule has 0 amide bonds. The number of aromatic nitrogens is 1. The van der Waals surface area contributed by atoms with Crippen molar-refractivity contribution in [2.24, 2.45) is 5.92 Å². The lowest BCUT2D eigenvalue weighted by Gasteiger charge is -2.32. The molecule has 0 spiro atoms. The fourth-order valence-electron chi connectivity index (χ4n) is 2.72. The molecule has 1 N–H and O–H groups in total. The lowest BCUT2D eigenvalue weighted by molar-refractivity contribution is 0.0692. The quantitative estimate of drug-likeness (QED) is 0.939. The van der Waals surface area contributed by atoms with Crippen molar-refractivity contribution < 1.29 is 5.11 Å². The summed E-state index contributed by atoms with van der Waals surface area (Å²) in [5, 5.41) is 17.2. The molecule has 1 saturated heterocycles. The monoisotopic (exact) mass is 308 g/mol. The van der Waals surface area contributed by atoms with E-state index >= 15 is 0 Å². The molecule has 1 aliphatic heterocycles. The van der Waals surface area contributed by atoms with E-state index in [0.717, 1.165) is 37.5 Å². The van der Waals surface area contributed by atoms with E-state index in [2.05, 4.69) is 27.1 Å². The minimum atomic E-state index is -0.165. The summed E-state index contributed by atoms with van der Waals surface area (Å²) in [6.45, 7) is 4.99. The van der Waals surface area contributed by atoms with Crippen LogP contribution in [0.15, 0.2) is 22.2 Å². The van der Waals surface area contributed by atoms with E-state index in [1.54, 1.807) is 22.7 Å². The predicted molar refractivity (Wildman–Crippen MR) is 85.1 cm³/mol. The van der Waals surface area contributed by atoms with E-state index in [-0.39, 0.29) is 6.10 Å². The van der Waals surface area contributed by atoms with E-state index in [0.29, 0.717) is 5.92 Å². The van der Waals surface area contributed by atoms with Crippen LogP contribution in [0, 0.1) is 5.92 Å². The van der Waals surface area contributed by atoms with Gasteiger partial charge in [0.1, 0.15) is 5.01 Å². The van der Waals surface area contributed by atoms with Crippen LogP contribution < -0.4 is 0 Å². The number of likely N-dealkylation sites (tertiary alicyclic amines) is 1. The number of nitrogens with zero attached hydrogens (tertiary/aromatic N) is 2. The summed E-state index contributed by atoms with van der Waals surface area (Å²) in [7, 11) is 0. The number of aliphatic hydroxyl groups is 1. The van der Waals surface area contributed by atoms with Crippen LogP contribution in [0.3, 0.4) is 0 Å². The van der Waals surface area contributed by atoms with Crippen LogP contribution in [-0.2, 0) is 6.54 Å². The second-order valence-electron chi connectivity index (χ2n) is 5.51. The maximum Gasteiger partial charge on any atom is 0.124 e. The summed E-state index contributed by atoms with van der Waals surface area (Å²) in [4.78, 5) is 7.18. The molecular formula is C15H20N2OS2. The molecule has 0 bridgehead atoms. The molecule has 1 atom stereocenters. The van der Waals surface area contributed by atoms with Crippen LogP contribution >= 0.6 is 22.7 Å². The van der Waals surface area contributed by atoms with E-state index in [9.17, 15) is 5.11 Å². The van der Waals surface area contributed by atoms with Crippen LogP contribution in [0.2, 0.25) is 0 Å². The fourth-order valence-corrected chi connectivity index (χ4v) is 4.24. The third kappa shape index (κ3) is 3.28. The summed E-state index contributed by atoms with van der Waals surface area (Å²) in [5.41, 5.74) is 2.41. The first-order valence-corrected chi connectivity index (χ1v) is 8.92. The maximum atomic E-state index is 9.63. The van der Waals surface area contributed by atoms with E-state index in [1.165, 1.54) is 11.3 Å². The van der Waals surface area contributed by atoms with Gasteiger partial charge in [-0.3, -0.25) is 4.90 Å². The molecule has 0 saturated carbocycles. The van der Waals surface area contributed by atoms with Gasteiger partial charge in [-0.25, -0.2) is 4.98 Å². The number of thiazole rings is 1. The molecule has 0 aliphatic carbocycles. The van der Waals surface area contributed by atoms with Crippen LogP contribution in [0.4, 0.5) is 0 Å². The third-order valence-corrected chi connectivity index (χ3v) is 5.64. The van der Waals surface area contributed by atoms with Gasteiger partial charge in [-0.1, -0.05) is 0 Å². The highest BCUT2D eigenvalue weighted by atomic mass is 32.1. The van der Waals surface area contributed by atoms with Gasteiger partial charge in [-0.05, 0) is 50.2 Å². The molecule has 2 aromatic rings. The summed E-state index contributed by atoms with van der Waals surface area (Å²) >= 11 is 3.44. The molecule has 1 unspecified atom stereocenters. The number of thiophene rings is 1. The molecule has 20 heavy (non-hydrogen) atoms. The topological polar surface area (TPSA) is 36.4 Å². The van der Waals surface area contributed by atoms with Crippen molar-refractivity contribution >= 4 is 22.7 Å². The Labute approximate surface area is 127 Å². The zero-order valence-corrected chi connectivity index (χ0v) is 13.3. The first-order chi connectivity index (χ1) is 9.72. The van der Waals surface area contributed by atoms with Crippen LogP contribution in [0.1, 0.15) is 25.5 Å². The smallest absolute Gasteiger partial charge is 0.124 e. The molecule has 3 nitrogen and oxygen atoms in total.